The molecular weight excluding hydrogens is 280 g/mol. The molecule has 0 radical (unpaired) electrons. The third kappa shape index (κ3) is 3.54. The Hall–Kier alpha value is -1.49. The number of aromatic nitrogens is 1. The van der Waals surface area contributed by atoms with Gasteiger partial charge in [0.15, 0.2) is 0 Å². The van der Waals surface area contributed by atoms with E-state index in [-0.39, 0.29) is 11.8 Å². The van der Waals surface area contributed by atoms with Gasteiger partial charge in [-0.1, -0.05) is 25.4 Å². The molecule has 0 aromatic carbocycles. The number of carbonyl (C=O) groups is 2. The van der Waals surface area contributed by atoms with Gasteiger partial charge in [0.05, 0.1) is 5.02 Å². The summed E-state index contributed by atoms with van der Waals surface area (Å²) >= 11 is 5.95. The highest BCUT2D eigenvalue weighted by atomic mass is 35.5. The summed E-state index contributed by atoms with van der Waals surface area (Å²) < 4.78 is 1.84. The van der Waals surface area contributed by atoms with Gasteiger partial charge >= 0.3 is 5.97 Å². The number of halogens is 1. The highest BCUT2D eigenvalue weighted by Crippen LogP contribution is 2.37. The molecule has 20 heavy (non-hydrogen) atoms. The Morgan fingerprint density at radius 3 is 2.65 bits per heavy atom. The van der Waals surface area contributed by atoms with Crippen molar-refractivity contribution in [3.63, 3.8) is 0 Å². The lowest BCUT2D eigenvalue weighted by atomic mass is 10.0. The number of nitrogens with one attached hydrogen (secondary N) is 1. The Bertz CT molecular complexity index is 520. The van der Waals surface area contributed by atoms with Crippen LogP contribution >= 0.6 is 11.6 Å². The number of rotatable bonds is 6. The SMILES string of the molecule is CC(C)C[C@@H](NC(=O)c1cc(Cl)cn1C1CC1)C(=O)O. The molecule has 1 saturated carbocycles. The first-order valence-corrected chi connectivity index (χ1v) is 7.17. The molecule has 0 bridgehead atoms. The van der Waals surface area contributed by atoms with Crippen LogP contribution in [0.1, 0.15) is 49.6 Å². The van der Waals surface area contributed by atoms with E-state index in [1.54, 1.807) is 12.3 Å². The fraction of sp³-hybridized carbons (Fsp3) is 0.571. The smallest absolute Gasteiger partial charge is 0.326 e. The molecule has 5 nitrogen and oxygen atoms in total. The van der Waals surface area contributed by atoms with Gasteiger partial charge in [0, 0.05) is 12.2 Å². The molecule has 1 atom stereocenters. The van der Waals surface area contributed by atoms with Gasteiger partial charge in [0.25, 0.3) is 5.91 Å². The van der Waals surface area contributed by atoms with Gasteiger partial charge in [-0.3, -0.25) is 4.79 Å². The van der Waals surface area contributed by atoms with E-state index >= 15 is 0 Å². The van der Waals surface area contributed by atoms with E-state index < -0.39 is 12.0 Å². The van der Waals surface area contributed by atoms with Crippen molar-refractivity contribution in [1.29, 1.82) is 0 Å². The summed E-state index contributed by atoms with van der Waals surface area (Å²) in [5.74, 6) is -1.20. The topological polar surface area (TPSA) is 71.3 Å². The van der Waals surface area contributed by atoms with Crippen LogP contribution in [0.25, 0.3) is 0 Å². The maximum Gasteiger partial charge on any atom is 0.326 e. The van der Waals surface area contributed by atoms with Gasteiger partial charge in [0.2, 0.25) is 0 Å². The second-order valence-electron chi connectivity index (χ2n) is 5.68. The maximum absolute atomic E-state index is 12.3. The van der Waals surface area contributed by atoms with E-state index in [9.17, 15) is 9.59 Å². The Morgan fingerprint density at radius 1 is 1.50 bits per heavy atom. The number of carboxylic acid groups (broad SMARTS) is 1. The summed E-state index contributed by atoms with van der Waals surface area (Å²) in [5, 5.41) is 12.2. The van der Waals surface area contributed by atoms with Crippen LogP contribution in [-0.2, 0) is 4.79 Å². The van der Waals surface area contributed by atoms with Crippen LogP contribution in [0.3, 0.4) is 0 Å². The lowest BCUT2D eigenvalue weighted by molar-refractivity contribution is -0.139. The van der Waals surface area contributed by atoms with E-state index in [1.807, 2.05) is 18.4 Å². The van der Waals surface area contributed by atoms with Crippen LogP contribution in [0.15, 0.2) is 12.3 Å². The molecule has 1 aromatic heterocycles. The molecule has 0 spiro atoms. The molecular formula is C14H19ClN2O3. The predicted molar refractivity (Wildman–Crippen MR) is 76.1 cm³/mol. The largest absolute Gasteiger partial charge is 0.480 e. The van der Waals surface area contributed by atoms with Gasteiger partial charge in [-0.25, -0.2) is 4.79 Å². The minimum atomic E-state index is -1.01. The maximum atomic E-state index is 12.3. The van der Waals surface area contributed by atoms with Crippen molar-refractivity contribution < 1.29 is 14.7 Å². The lowest BCUT2D eigenvalue weighted by Gasteiger charge is -2.17. The molecule has 0 unspecified atom stereocenters. The van der Waals surface area contributed by atoms with Crippen molar-refractivity contribution in [1.82, 2.24) is 9.88 Å². The van der Waals surface area contributed by atoms with Crippen LogP contribution in [0.2, 0.25) is 5.02 Å². The number of hydrogen-bond acceptors (Lipinski definition) is 2. The molecule has 2 N–H and O–H groups in total. The van der Waals surface area contributed by atoms with Crippen molar-refractivity contribution in [2.24, 2.45) is 5.92 Å². The highest BCUT2D eigenvalue weighted by molar-refractivity contribution is 6.31. The number of aliphatic carboxylic acids is 1. The van der Waals surface area contributed by atoms with Crippen molar-refractivity contribution in [2.75, 3.05) is 0 Å². The first kappa shape index (κ1) is 14.9. The average Bonchev–Trinajstić information content (AvgIpc) is 3.10. The molecule has 1 fully saturated rings. The van der Waals surface area contributed by atoms with Crippen LogP contribution < -0.4 is 5.32 Å². The zero-order valence-corrected chi connectivity index (χ0v) is 12.4. The molecule has 110 valence electrons. The summed E-state index contributed by atoms with van der Waals surface area (Å²) in [6, 6.07) is 1.03. The van der Waals surface area contributed by atoms with Gasteiger partial charge < -0.3 is 15.0 Å². The summed E-state index contributed by atoms with van der Waals surface area (Å²) in [4.78, 5) is 23.4. The molecule has 6 heteroatoms. The summed E-state index contributed by atoms with van der Waals surface area (Å²) in [7, 11) is 0. The van der Waals surface area contributed by atoms with E-state index in [0.29, 0.717) is 23.2 Å². The normalized spacial score (nSPS) is 16.2. The van der Waals surface area contributed by atoms with Gasteiger partial charge in [-0.2, -0.15) is 0 Å². The average molecular weight is 299 g/mol. The van der Waals surface area contributed by atoms with Crippen molar-refractivity contribution in [3.8, 4) is 0 Å². The number of nitrogens with zero attached hydrogens (tertiary/aromatic N) is 1. The first-order valence-electron chi connectivity index (χ1n) is 6.79. The van der Waals surface area contributed by atoms with E-state index in [1.165, 1.54) is 0 Å². The molecule has 0 saturated heterocycles. The number of carbonyl (C=O) groups excluding carboxylic acids is 1. The summed E-state index contributed by atoms with van der Waals surface area (Å²) in [6.45, 7) is 3.84. The summed E-state index contributed by atoms with van der Waals surface area (Å²) in [6.07, 6.45) is 4.19. The van der Waals surface area contributed by atoms with Crippen LogP contribution in [0, 0.1) is 5.92 Å². The third-order valence-electron chi connectivity index (χ3n) is 3.30. The lowest BCUT2D eigenvalue weighted by Crippen LogP contribution is -2.42. The quantitative estimate of drug-likeness (QED) is 0.848. The van der Waals surface area contributed by atoms with E-state index in [0.717, 1.165) is 12.8 Å². The van der Waals surface area contributed by atoms with Crippen molar-refractivity contribution in [3.05, 3.63) is 23.0 Å². The molecule has 1 aliphatic rings. The van der Waals surface area contributed by atoms with Gasteiger partial charge in [-0.05, 0) is 31.2 Å². The van der Waals surface area contributed by atoms with Crippen LogP contribution in [-0.4, -0.2) is 27.6 Å². The monoisotopic (exact) mass is 298 g/mol. The zero-order valence-electron chi connectivity index (χ0n) is 11.6. The Morgan fingerprint density at radius 2 is 2.15 bits per heavy atom. The zero-order chi connectivity index (χ0) is 14.9. The van der Waals surface area contributed by atoms with E-state index in [2.05, 4.69) is 5.32 Å². The number of hydrogen-bond donors (Lipinski definition) is 2. The van der Waals surface area contributed by atoms with Crippen molar-refractivity contribution in [2.45, 2.75) is 45.2 Å². The second-order valence-corrected chi connectivity index (χ2v) is 6.11. The molecule has 1 amide bonds. The van der Waals surface area contributed by atoms with Crippen LogP contribution in [0.5, 0.6) is 0 Å². The molecule has 1 heterocycles. The fourth-order valence-corrected chi connectivity index (χ4v) is 2.42. The Kier molecular flexibility index (Phi) is 4.38. The van der Waals surface area contributed by atoms with Crippen molar-refractivity contribution >= 4 is 23.5 Å². The van der Waals surface area contributed by atoms with Crippen LogP contribution in [0.4, 0.5) is 0 Å². The minimum absolute atomic E-state index is 0.190. The minimum Gasteiger partial charge on any atom is -0.480 e. The first-order chi connectivity index (χ1) is 9.38. The summed E-state index contributed by atoms with van der Waals surface area (Å²) in [5.41, 5.74) is 0.438. The predicted octanol–water partition coefficient (Wildman–Crippen LogP) is 2.71. The standard InChI is InChI=1S/C14H19ClN2O3/c1-8(2)5-11(14(19)20)16-13(18)12-6-9(15)7-17(12)10-3-4-10/h6-8,10-11H,3-5H2,1-2H3,(H,16,18)(H,19,20)/t11-/m1/s1. The van der Waals surface area contributed by atoms with E-state index in [4.69, 9.17) is 16.7 Å². The highest BCUT2D eigenvalue weighted by Gasteiger charge is 2.29. The molecule has 1 aromatic rings. The Balaban J connectivity index is 2.12. The second kappa shape index (κ2) is 5.87. The molecule has 2 rings (SSSR count). The molecule has 1 aliphatic carbocycles. The van der Waals surface area contributed by atoms with Gasteiger partial charge in [0.1, 0.15) is 11.7 Å². The molecule has 0 aliphatic heterocycles. The fourth-order valence-electron chi connectivity index (χ4n) is 2.21. The number of carboxylic acids is 1. The number of amides is 1. The third-order valence-corrected chi connectivity index (χ3v) is 3.51. The Labute approximate surface area is 122 Å². The van der Waals surface area contributed by atoms with Gasteiger partial charge in [-0.15, -0.1) is 0 Å².